The molecule has 2 aromatic carbocycles. The highest BCUT2D eigenvalue weighted by molar-refractivity contribution is 7.90. The van der Waals surface area contributed by atoms with Crippen LogP contribution in [0, 0.1) is 0 Å². The lowest BCUT2D eigenvalue weighted by Gasteiger charge is -2.10. The standard InChI is InChI=1S/C17H19N3O4S/c1-2-11-18-16(21)13-7-6-8-14(12-13)19-17(22)20-25(23,24)15-9-4-3-5-10-15/h3-10,12H,2,11H2,1H3,(H,18,21)(H2,19,20,22). The van der Waals surface area contributed by atoms with Crippen molar-refractivity contribution in [1.82, 2.24) is 10.0 Å². The van der Waals surface area contributed by atoms with E-state index < -0.39 is 16.1 Å². The zero-order valence-electron chi connectivity index (χ0n) is 13.7. The number of amides is 3. The number of sulfonamides is 1. The molecular formula is C17H19N3O4S. The molecule has 0 aliphatic carbocycles. The van der Waals surface area contributed by atoms with E-state index in [0.717, 1.165) is 6.42 Å². The maximum Gasteiger partial charge on any atom is 0.333 e. The molecule has 8 heteroatoms. The Hall–Kier alpha value is -2.87. The van der Waals surface area contributed by atoms with Crippen molar-refractivity contribution >= 4 is 27.6 Å². The molecule has 3 N–H and O–H groups in total. The summed E-state index contributed by atoms with van der Waals surface area (Å²) in [6.07, 6.45) is 0.809. The second-order valence-electron chi connectivity index (χ2n) is 5.21. The number of benzene rings is 2. The molecule has 2 aromatic rings. The van der Waals surface area contributed by atoms with Crippen LogP contribution in [0.4, 0.5) is 10.5 Å². The smallest absolute Gasteiger partial charge is 0.333 e. The van der Waals surface area contributed by atoms with Crippen molar-refractivity contribution in [2.75, 3.05) is 11.9 Å². The lowest BCUT2D eigenvalue weighted by molar-refractivity contribution is 0.0953. The minimum atomic E-state index is -3.96. The van der Waals surface area contributed by atoms with E-state index >= 15 is 0 Å². The number of hydrogen-bond donors (Lipinski definition) is 3. The molecule has 0 saturated heterocycles. The van der Waals surface area contributed by atoms with Crippen LogP contribution in [0.5, 0.6) is 0 Å². The molecule has 0 fully saturated rings. The molecule has 0 aliphatic rings. The van der Waals surface area contributed by atoms with Crippen LogP contribution >= 0.6 is 0 Å². The summed E-state index contributed by atoms with van der Waals surface area (Å²) in [4.78, 5) is 23.9. The summed E-state index contributed by atoms with van der Waals surface area (Å²) in [6, 6.07) is 12.9. The van der Waals surface area contributed by atoms with Crippen LogP contribution in [-0.4, -0.2) is 26.9 Å². The van der Waals surface area contributed by atoms with Crippen LogP contribution in [0.3, 0.4) is 0 Å². The van der Waals surface area contributed by atoms with Gasteiger partial charge in [-0.2, -0.15) is 0 Å². The van der Waals surface area contributed by atoms with Gasteiger partial charge in [-0.15, -0.1) is 0 Å². The lowest BCUT2D eigenvalue weighted by Crippen LogP contribution is -2.34. The Morgan fingerprint density at radius 3 is 2.40 bits per heavy atom. The first-order valence-electron chi connectivity index (χ1n) is 7.69. The van der Waals surface area contributed by atoms with E-state index in [1.165, 1.54) is 18.2 Å². The molecule has 7 nitrogen and oxygen atoms in total. The highest BCUT2D eigenvalue weighted by Gasteiger charge is 2.17. The monoisotopic (exact) mass is 361 g/mol. The third-order valence-corrected chi connectivity index (χ3v) is 4.55. The van der Waals surface area contributed by atoms with Gasteiger partial charge >= 0.3 is 6.03 Å². The van der Waals surface area contributed by atoms with Crippen LogP contribution in [-0.2, 0) is 10.0 Å². The van der Waals surface area contributed by atoms with Gasteiger partial charge in [0.05, 0.1) is 4.90 Å². The van der Waals surface area contributed by atoms with Gasteiger partial charge in [-0.25, -0.2) is 17.9 Å². The summed E-state index contributed by atoms with van der Waals surface area (Å²) in [5, 5.41) is 5.14. The zero-order valence-corrected chi connectivity index (χ0v) is 14.5. The Kier molecular flexibility index (Phi) is 6.13. The van der Waals surface area contributed by atoms with Crippen molar-refractivity contribution in [3.8, 4) is 0 Å². The van der Waals surface area contributed by atoms with Gasteiger partial charge < -0.3 is 10.6 Å². The van der Waals surface area contributed by atoms with Crippen molar-refractivity contribution in [2.45, 2.75) is 18.2 Å². The summed E-state index contributed by atoms with van der Waals surface area (Å²) in [5.74, 6) is -0.261. The van der Waals surface area contributed by atoms with E-state index in [0.29, 0.717) is 17.8 Å². The van der Waals surface area contributed by atoms with E-state index in [1.807, 2.05) is 11.6 Å². The fraction of sp³-hybridized carbons (Fsp3) is 0.176. The molecular weight excluding hydrogens is 342 g/mol. The highest BCUT2D eigenvalue weighted by atomic mass is 32.2. The molecule has 0 heterocycles. The van der Waals surface area contributed by atoms with Crippen LogP contribution < -0.4 is 15.4 Å². The van der Waals surface area contributed by atoms with E-state index in [-0.39, 0.29) is 10.8 Å². The third-order valence-electron chi connectivity index (χ3n) is 3.20. The number of carbonyl (C=O) groups excluding carboxylic acids is 2. The van der Waals surface area contributed by atoms with Crippen LogP contribution in [0.15, 0.2) is 59.5 Å². The molecule has 0 aliphatic heterocycles. The van der Waals surface area contributed by atoms with Crippen molar-refractivity contribution in [1.29, 1.82) is 0 Å². The first-order chi connectivity index (χ1) is 11.9. The predicted molar refractivity (Wildman–Crippen MR) is 94.8 cm³/mol. The second-order valence-corrected chi connectivity index (χ2v) is 6.89. The molecule has 0 bridgehead atoms. The number of carbonyl (C=O) groups is 2. The van der Waals surface area contributed by atoms with Crippen molar-refractivity contribution in [3.05, 3.63) is 60.2 Å². The average molecular weight is 361 g/mol. The number of rotatable bonds is 6. The number of urea groups is 1. The second kappa shape index (κ2) is 8.29. The molecule has 0 radical (unpaired) electrons. The quantitative estimate of drug-likeness (QED) is 0.734. The lowest BCUT2D eigenvalue weighted by atomic mass is 10.2. The summed E-state index contributed by atoms with van der Waals surface area (Å²) in [6.45, 7) is 2.49. The highest BCUT2D eigenvalue weighted by Crippen LogP contribution is 2.12. The first kappa shape index (κ1) is 18.5. The molecule has 2 rings (SSSR count). The summed E-state index contributed by atoms with van der Waals surface area (Å²) in [7, 11) is -3.96. The van der Waals surface area contributed by atoms with E-state index in [9.17, 15) is 18.0 Å². The Bertz CT molecular complexity index is 851. The minimum Gasteiger partial charge on any atom is -0.352 e. The van der Waals surface area contributed by atoms with Gasteiger partial charge in [0.25, 0.3) is 15.9 Å². The van der Waals surface area contributed by atoms with Crippen LogP contribution in [0.1, 0.15) is 23.7 Å². The molecule has 0 spiro atoms. The summed E-state index contributed by atoms with van der Waals surface area (Å²) in [5.41, 5.74) is 0.682. The maximum absolute atomic E-state index is 12.1. The van der Waals surface area contributed by atoms with Gasteiger partial charge in [-0.3, -0.25) is 4.79 Å². The minimum absolute atomic E-state index is 0.0159. The Morgan fingerprint density at radius 2 is 1.72 bits per heavy atom. The molecule has 25 heavy (non-hydrogen) atoms. The van der Waals surface area contributed by atoms with E-state index in [1.54, 1.807) is 36.4 Å². The van der Waals surface area contributed by atoms with Crippen molar-refractivity contribution < 1.29 is 18.0 Å². The van der Waals surface area contributed by atoms with Gasteiger partial charge in [0.15, 0.2) is 0 Å². The SMILES string of the molecule is CCCNC(=O)c1cccc(NC(=O)NS(=O)(=O)c2ccccc2)c1. The largest absolute Gasteiger partial charge is 0.352 e. The van der Waals surface area contributed by atoms with Crippen molar-refractivity contribution in [2.24, 2.45) is 0 Å². The normalized spacial score (nSPS) is 10.8. The topological polar surface area (TPSA) is 104 Å². The number of anilines is 1. The predicted octanol–water partition coefficient (Wildman–Crippen LogP) is 2.34. The van der Waals surface area contributed by atoms with Gasteiger partial charge in [0, 0.05) is 17.8 Å². The van der Waals surface area contributed by atoms with Gasteiger partial charge in [-0.1, -0.05) is 31.2 Å². The Morgan fingerprint density at radius 1 is 1.00 bits per heavy atom. The van der Waals surface area contributed by atoms with Crippen LogP contribution in [0.2, 0.25) is 0 Å². The fourth-order valence-corrected chi connectivity index (χ4v) is 2.94. The van der Waals surface area contributed by atoms with Gasteiger partial charge in [-0.05, 0) is 36.8 Å². The molecule has 3 amide bonds. The zero-order chi connectivity index (χ0) is 18.3. The molecule has 0 unspecified atom stereocenters. The van der Waals surface area contributed by atoms with E-state index in [4.69, 9.17) is 0 Å². The van der Waals surface area contributed by atoms with Gasteiger partial charge in [0.1, 0.15) is 0 Å². The molecule has 0 atom stereocenters. The number of hydrogen-bond acceptors (Lipinski definition) is 4. The molecule has 0 saturated carbocycles. The summed E-state index contributed by atoms with van der Waals surface area (Å²) < 4.78 is 26.1. The van der Waals surface area contributed by atoms with E-state index in [2.05, 4.69) is 10.6 Å². The first-order valence-corrected chi connectivity index (χ1v) is 9.18. The van der Waals surface area contributed by atoms with Gasteiger partial charge in [0.2, 0.25) is 0 Å². The fourth-order valence-electron chi connectivity index (χ4n) is 2.02. The van der Waals surface area contributed by atoms with Crippen molar-refractivity contribution in [3.63, 3.8) is 0 Å². The Labute approximate surface area is 146 Å². The summed E-state index contributed by atoms with van der Waals surface area (Å²) >= 11 is 0. The maximum atomic E-state index is 12.1. The molecule has 0 aromatic heterocycles. The molecule has 132 valence electrons. The van der Waals surface area contributed by atoms with Crippen LogP contribution in [0.25, 0.3) is 0 Å². The Balaban J connectivity index is 2.05. The third kappa shape index (κ3) is 5.32. The number of nitrogens with one attached hydrogen (secondary N) is 3. The average Bonchev–Trinajstić information content (AvgIpc) is 2.60.